The lowest BCUT2D eigenvalue weighted by Gasteiger charge is -2.27. The molecule has 5 heteroatoms. The summed E-state index contributed by atoms with van der Waals surface area (Å²) in [5.74, 6) is 0.382. The Morgan fingerprint density at radius 1 is 1.19 bits per heavy atom. The van der Waals surface area contributed by atoms with Crippen molar-refractivity contribution >= 4 is 11.8 Å². The number of hydrogen-bond donors (Lipinski definition) is 2. The largest absolute Gasteiger partial charge is 0.467 e. The number of ether oxygens (including phenoxy) is 1. The number of esters is 1. The Kier molecular flexibility index (Phi) is 11.0. The Hall–Kier alpha value is -1.46. The van der Waals surface area contributed by atoms with Gasteiger partial charge in [0.2, 0.25) is 0 Å². The summed E-state index contributed by atoms with van der Waals surface area (Å²) in [6, 6.07) is 0. The molecule has 0 amide bonds. The summed E-state index contributed by atoms with van der Waals surface area (Å²) < 4.78 is 4.51. The van der Waals surface area contributed by atoms with Gasteiger partial charge >= 0.3 is 5.97 Å². The number of unbranched alkanes of at least 4 members (excludes halogenated alkanes) is 3. The predicted molar refractivity (Wildman–Crippen MR) is 122 cm³/mol. The fraction of sp³-hybridized carbons (Fsp3) is 0.769. The van der Waals surface area contributed by atoms with Crippen LogP contribution in [0.2, 0.25) is 0 Å². The highest BCUT2D eigenvalue weighted by molar-refractivity contribution is 5.83. The maximum absolute atomic E-state index is 12.3. The van der Waals surface area contributed by atoms with Gasteiger partial charge in [0.05, 0.1) is 12.7 Å². The van der Waals surface area contributed by atoms with Gasteiger partial charge in [-0.3, -0.25) is 4.79 Å². The zero-order valence-electron chi connectivity index (χ0n) is 19.4. The second kappa shape index (κ2) is 13.2. The third kappa shape index (κ3) is 8.53. The van der Waals surface area contributed by atoms with Crippen LogP contribution in [0.4, 0.5) is 0 Å². The van der Waals surface area contributed by atoms with E-state index in [-0.39, 0.29) is 11.8 Å². The van der Waals surface area contributed by atoms with E-state index in [9.17, 15) is 19.8 Å². The summed E-state index contributed by atoms with van der Waals surface area (Å²) in [7, 11) is 1.26. The van der Waals surface area contributed by atoms with Crippen molar-refractivity contribution in [2.24, 2.45) is 17.8 Å². The van der Waals surface area contributed by atoms with Crippen molar-refractivity contribution in [1.82, 2.24) is 0 Å². The summed E-state index contributed by atoms with van der Waals surface area (Å²) >= 11 is 0. The van der Waals surface area contributed by atoms with E-state index in [1.165, 1.54) is 26.4 Å². The Balaban J connectivity index is 1.80. The van der Waals surface area contributed by atoms with E-state index in [1.807, 2.05) is 12.2 Å². The van der Waals surface area contributed by atoms with Gasteiger partial charge in [-0.05, 0) is 63.2 Å². The Labute approximate surface area is 187 Å². The maximum Gasteiger partial charge on any atom is 0.334 e. The maximum atomic E-state index is 12.3. The molecule has 2 unspecified atom stereocenters. The normalized spacial score (nSPS) is 24.7. The van der Waals surface area contributed by atoms with Crippen LogP contribution in [-0.2, 0) is 14.3 Å². The fourth-order valence-electron chi connectivity index (χ4n) is 4.74. The predicted octanol–water partition coefficient (Wildman–Crippen LogP) is 4.90. The number of allylic oxidation sites excluding steroid dienone is 3. The lowest BCUT2D eigenvalue weighted by Crippen LogP contribution is -2.30. The quantitative estimate of drug-likeness (QED) is 0.218. The molecule has 0 heterocycles. The van der Waals surface area contributed by atoms with Crippen LogP contribution in [0.3, 0.4) is 0 Å². The van der Waals surface area contributed by atoms with Crippen LogP contribution in [0.5, 0.6) is 0 Å². The number of aliphatic hydroxyl groups excluding tert-OH is 1. The molecule has 176 valence electrons. The average molecular weight is 435 g/mol. The van der Waals surface area contributed by atoms with Crippen LogP contribution < -0.4 is 0 Å². The number of ketones is 1. The molecule has 0 aromatic carbocycles. The van der Waals surface area contributed by atoms with Gasteiger partial charge in [0.25, 0.3) is 0 Å². The molecule has 0 radical (unpaired) electrons. The van der Waals surface area contributed by atoms with Gasteiger partial charge < -0.3 is 14.9 Å². The van der Waals surface area contributed by atoms with E-state index in [2.05, 4.69) is 23.8 Å². The minimum absolute atomic E-state index is 0.00315. The molecule has 5 nitrogen and oxygen atoms in total. The van der Waals surface area contributed by atoms with Crippen LogP contribution in [0.15, 0.2) is 24.3 Å². The van der Waals surface area contributed by atoms with Crippen molar-refractivity contribution in [2.75, 3.05) is 7.11 Å². The summed E-state index contributed by atoms with van der Waals surface area (Å²) in [5, 5.41) is 20.8. The topological polar surface area (TPSA) is 83.8 Å². The third-order valence-corrected chi connectivity index (χ3v) is 6.95. The highest BCUT2D eigenvalue weighted by Crippen LogP contribution is 2.45. The molecule has 2 aliphatic carbocycles. The SMILES string of the molecule is CCCCCCC(O)(CC=C[C@H]1CCC(=O)[C@@H]1CC=CCCC(O)C(=O)OC)C1CC1. The molecule has 2 N–H and O–H groups in total. The molecule has 0 spiro atoms. The molecule has 0 saturated heterocycles. The fourth-order valence-corrected chi connectivity index (χ4v) is 4.74. The Morgan fingerprint density at radius 2 is 1.97 bits per heavy atom. The molecule has 0 bridgehead atoms. The zero-order valence-corrected chi connectivity index (χ0v) is 19.4. The molecule has 2 saturated carbocycles. The van der Waals surface area contributed by atoms with E-state index >= 15 is 0 Å². The van der Waals surface area contributed by atoms with E-state index in [1.54, 1.807) is 0 Å². The van der Waals surface area contributed by atoms with Crippen molar-refractivity contribution in [3.8, 4) is 0 Å². The number of hydrogen-bond acceptors (Lipinski definition) is 5. The van der Waals surface area contributed by atoms with Crippen LogP contribution >= 0.6 is 0 Å². The van der Waals surface area contributed by atoms with Crippen LogP contribution in [-0.4, -0.2) is 40.8 Å². The van der Waals surface area contributed by atoms with Crippen LogP contribution in [0.1, 0.15) is 90.4 Å². The third-order valence-electron chi connectivity index (χ3n) is 6.95. The van der Waals surface area contributed by atoms with Gasteiger partial charge in [0, 0.05) is 12.3 Å². The van der Waals surface area contributed by atoms with Gasteiger partial charge in [-0.2, -0.15) is 0 Å². The average Bonchev–Trinajstić information content (AvgIpc) is 3.56. The van der Waals surface area contributed by atoms with E-state index in [0.29, 0.717) is 43.8 Å². The number of rotatable bonds is 15. The van der Waals surface area contributed by atoms with Crippen molar-refractivity contribution in [1.29, 1.82) is 0 Å². The smallest absolute Gasteiger partial charge is 0.334 e. The summed E-state index contributed by atoms with van der Waals surface area (Å²) in [4.78, 5) is 23.6. The lowest BCUT2D eigenvalue weighted by molar-refractivity contribution is -0.150. The first-order chi connectivity index (χ1) is 14.9. The van der Waals surface area contributed by atoms with Crippen molar-refractivity contribution in [3.05, 3.63) is 24.3 Å². The summed E-state index contributed by atoms with van der Waals surface area (Å²) in [6.45, 7) is 2.20. The van der Waals surface area contributed by atoms with Crippen LogP contribution in [0.25, 0.3) is 0 Å². The van der Waals surface area contributed by atoms with Crippen molar-refractivity contribution in [3.63, 3.8) is 0 Å². The Morgan fingerprint density at radius 3 is 2.65 bits per heavy atom. The minimum Gasteiger partial charge on any atom is -0.467 e. The van der Waals surface area contributed by atoms with Gasteiger partial charge in [0.15, 0.2) is 6.10 Å². The van der Waals surface area contributed by atoms with Gasteiger partial charge in [-0.15, -0.1) is 0 Å². The molecular formula is C26H42O5. The lowest BCUT2D eigenvalue weighted by atomic mass is 9.86. The van der Waals surface area contributed by atoms with E-state index < -0.39 is 17.7 Å². The first-order valence-corrected chi connectivity index (χ1v) is 12.2. The molecule has 0 aromatic heterocycles. The highest BCUT2D eigenvalue weighted by Gasteiger charge is 2.42. The zero-order chi connectivity index (χ0) is 22.7. The Bertz CT molecular complexity index is 621. The second-order valence-corrected chi connectivity index (χ2v) is 9.42. The molecule has 0 aromatic rings. The van der Waals surface area contributed by atoms with Crippen molar-refractivity contribution in [2.45, 2.75) is 102 Å². The number of Topliss-reactive ketones (excluding diaryl/α,β-unsaturated/α-hetero) is 1. The minimum atomic E-state index is -1.09. The molecule has 31 heavy (non-hydrogen) atoms. The highest BCUT2D eigenvalue weighted by atomic mass is 16.5. The summed E-state index contributed by atoms with van der Waals surface area (Å²) in [6.07, 6.45) is 18.8. The van der Waals surface area contributed by atoms with Crippen molar-refractivity contribution < 1.29 is 24.5 Å². The van der Waals surface area contributed by atoms with E-state index in [0.717, 1.165) is 32.1 Å². The second-order valence-electron chi connectivity index (χ2n) is 9.42. The number of carbonyl (C=O) groups is 2. The summed E-state index contributed by atoms with van der Waals surface area (Å²) in [5.41, 5.74) is -0.567. The van der Waals surface area contributed by atoms with E-state index in [4.69, 9.17) is 0 Å². The standard InChI is InChI=1S/C26H42O5/c1-3-4-5-9-18-26(30,21-15-16-21)19-10-11-20-14-17-23(27)22(20)12-7-6-8-13-24(28)25(29)31-2/h6-7,10-11,20-22,24,28,30H,3-5,8-9,12-19H2,1-2H3/t20-,22+,24?,26?/m0/s1. The first kappa shape index (κ1) is 25.8. The number of aliphatic hydroxyl groups is 2. The molecule has 4 atom stereocenters. The first-order valence-electron chi connectivity index (χ1n) is 12.2. The number of carbonyl (C=O) groups excluding carboxylic acids is 2. The van der Waals surface area contributed by atoms with Crippen LogP contribution in [0, 0.1) is 17.8 Å². The molecule has 2 aliphatic rings. The molecule has 0 aliphatic heterocycles. The van der Waals surface area contributed by atoms with Gasteiger partial charge in [-0.25, -0.2) is 4.79 Å². The molecule has 2 fully saturated rings. The number of methoxy groups -OCH3 is 1. The molecule has 2 rings (SSSR count). The van der Waals surface area contributed by atoms with Gasteiger partial charge in [0.1, 0.15) is 5.78 Å². The monoisotopic (exact) mass is 434 g/mol. The van der Waals surface area contributed by atoms with Gasteiger partial charge in [-0.1, -0.05) is 56.9 Å². The molecular weight excluding hydrogens is 392 g/mol.